The van der Waals surface area contributed by atoms with Crippen LogP contribution in [0.2, 0.25) is 0 Å². The maximum Gasteiger partial charge on any atom is 0.387 e. The largest absolute Gasteiger partial charge is 0.434 e. The van der Waals surface area contributed by atoms with Gasteiger partial charge in [-0.15, -0.1) is 0 Å². The summed E-state index contributed by atoms with van der Waals surface area (Å²) in [5.74, 6) is -0.704. The topological polar surface area (TPSA) is 56.2 Å². The minimum absolute atomic E-state index is 0.0213. The molecular formula is C13H11Br2F2N3O2. The second-order valence-electron chi connectivity index (χ2n) is 4.26. The summed E-state index contributed by atoms with van der Waals surface area (Å²) in [6.45, 7) is -2.81. The molecule has 2 rings (SSSR count). The van der Waals surface area contributed by atoms with Crippen molar-refractivity contribution in [1.82, 2.24) is 15.1 Å². The Hall–Kier alpha value is -1.48. The number of hydrogen-bond donors (Lipinski definition) is 1. The van der Waals surface area contributed by atoms with Crippen molar-refractivity contribution in [2.45, 2.75) is 13.2 Å². The maximum atomic E-state index is 12.4. The summed E-state index contributed by atoms with van der Waals surface area (Å²) in [7, 11) is 1.73. The molecule has 0 aliphatic carbocycles. The molecule has 0 spiro atoms. The molecule has 1 heterocycles. The minimum Gasteiger partial charge on any atom is -0.434 e. The van der Waals surface area contributed by atoms with Crippen LogP contribution in [0.25, 0.3) is 0 Å². The van der Waals surface area contributed by atoms with Gasteiger partial charge in [-0.05, 0) is 34.1 Å². The fourth-order valence-corrected chi connectivity index (χ4v) is 2.62. The Morgan fingerprint density at radius 1 is 1.45 bits per heavy atom. The van der Waals surface area contributed by atoms with Gasteiger partial charge in [0.15, 0.2) is 0 Å². The number of rotatable bonds is 5. The highest BCUT2D eigenvalue weighted by molar-refractivity contribution is 9.10. The summed E-state index contributed by atoms with van der Waals surface area (Å²) in [5, 5.41) is 6.67. The van der Waals surface area contributed by atoms with E-state index in [2.05, 4.69) is 47.0 Å². The molecular weight excluding hydrogens is 428 g/mol. The number of aromatic nitrogens is 2. The second-order valence-corrected chi connectivity index (χ2v) is 6.03. The molecule has 0 aliphatic heterocycles. The van der Waals surface area contributed by atoms with Gasteiger partial charge in [0, 0.05) is 11.5 Å². The Morgan fingerprint density at radius 2 is 2.18 bits per heavy atom. The molecule has 5 nitrogen and oxygen atoms in total. The van der Waals surface area contributed by atoms with Crippen LogP contribution in [0.5, 0.6) is 5.75 Å². The fourth-order valence-electron chi connectivity index (χ4n) is 1.77. The predicted molar refractivity (Wildman–Crippen MR) is 82.9 cm³/mol. The van der Waals surface area contributed by atoms with Crippen LogP contribution in [0.15, 0.2) is 33.3 Å². The summed E-state index contributed by atoms with van der Waals surface area (Å²) in [5.41, 5.74) is 0.771. The van der Waals surface area contributed by atoms with Crippen molar-refractivity contribution in [3.05, 3.63) is 44.6 Å². The Bertz CT molecular complexity index is 672. The highest BCUT2D eigenvalue weighted by Gasteiger charge is 2.17. The Morgan fingerprint density at radius 3 is 2.77 bits per heavy atom. The molecule has 1 N–H and O–H groups in total. The standard InChI is InChI=1S/C13H11Br2F2N3O2/c1-20-10(9(15)5-19-20)6-18-12(21)8-4-7(14)2-3-11(8)22-13(16)17/h2-5,13H,6H2,1H3,(H,18,21). The normalized spacial score (nSPS) is 10.8. The van der Waals surface area contributed by atoms with Gasteiger partial charge in [-0.25, -0.2) is 0 Å². The number of carbonyl (C=O) groups is 1. The van der Waals surface area contributed by atoms with Crippen molar-refractivity contribution in [3.63, 3.8) is 0 Å². The average molecular weight is 439 g/mol. The summed E-state index contributed by atoms with van der Waals surface area (Å²) in [6, 6.07) is 4.25. The zero-order chi connectivity index (χ0) is 16.3. The monoisotopic (exact) mass is 437 g/mol. The second kappa shape index (κ2) is 7.19. The quantitative estimate of drug-likeness (QED) is 0.777. The average Bonchev–Trinajstić information content (AvgIpc) is 2.77. The number of halogens is 4. The molecule has 0 saturated carbocycles. The van der Waals surface area contributed by atoms with Gasteiger partial charge in [0.2, 0.25) is 0 Å². The van der Waals surface area contributed by atoms with Crippen LogP contribution < -0.4 is 10.1 Å². The van der Waals surface area contributed by atoms with E-state index < -0.39 is 12.5 Å². The molecule has 1 aromatic heterocycles. The lowest BCUT2D eigenvalue weighted by Gasteiger charge is -2.12. The van der Waals surface area contributed by atoms with E-state index in [0.29, 0.717) is 4.47 Å². The van der Waals surface area contributed by atoms with E-state index in [1.807, 2.05) is 0 Å². The van der Waals surface area contributed by atoms with Crippen molar-refractivity contribution < 1.29 is 18.3 Å². The number of nitrogens with one attached hydrogen (secondary N) is 1. The first kappa shape index (κ1) is 16.9. The van der Waals surface area contributed by atoms with E-state index in [1.54, 1.807) is 17.9 Å². The van der Waals surface area contributed by atoms with Crippen LogP contribution in [-0.4, -0.2) is 22.3 Å². The molecule has 2 aromatic rings. The first-order valence-corrected chi connectivity index (χ1v) is 7.66. The lowest BCUT2D eigenvalue weighted by molar-refractivity contribution is -0.0501. The van der Waals surface area contributed by atoms with Gasteiger partial charge < -0.3 is 10.1 Å². The summed E-state index contributed by atoms with van der Waals surface area (Å²) < 4.78 is 32.1. The summed E-state index contributed by atoms with van der Waals surface area (Å²) >= 11 is 6.52. The van der Waals surface area contributed by atoms with E-state index in [9.17, 15) is 13.6 Å². The Labute approximate surface area is 141 Å². The maximum absolute atomic E-state index is 12.4. The molecule has 9 heteroatoms. The Balaban J connectivity index is 2.17. The molecule has 0 fully saturated rings. The molecule has 22 heavy (non-hydrogen) atoms. The summed E-state index contributed by atoms with van der Waals surface area (Å²) in [6.07, 6.45) is 1.60. The summed E-state index contributed by atoms with van der Waals surface area (Å²) in [4.78, 5) is 12.2. The van der Waals surface area contributed by atoms with Crippen molar-refractivity contribution in [1.29, 1.82) is 0 Å². The van der Waals surface area contributed by atoms with Crippen LogP contribution in [-0.2, 0) is 13.6 Å². The van der Waals surface area contributed by atoms with E-state index in [-0.39, 0.29) is 17.9 Å². The highest BCUT2D eigenvalue weighted by atomic mass is 79.9. The molecule has 118 valence electrons. The van der Waals surface area contributed by atoms with Crippen LogP contribution in [0.1, 0.15) is 16.1 Å². The van der Waals surface area contributed by atoms with Gasteiger partial charge in [0.05, 0.1) is 28.5 Å². The third-order valence-corrected chi connectivity index (χ3v) is 3.98. The van der Waals surface area contributed by atoms with Crippen LogP contribution in [0.3, 0.4) is 0 Å². The number of nitrogens with zero attached hydrogens (tertiary/aromatic N) is 2. The molecule has 0 radical (unpaired) electrons. The molecule has 0 atom stereocenters. The lowest BCUT2D eigenvalue weighted by Crippen LogP contribution is -2.25. The number of carbonyl (C=O) groups excluding carboxylic acids is 1. The fraction of sp³-hybridized carbons (Fsp3) is 0.231. The van der Waals surface area contributed by atoms with E-state index in [0.717, 1.165) is 10.2 Å². The highest BCUT2D eigenvalue weighted by Crippen LogP contribution is 2.25. The smallest absolute Gasteiger partial charge is 0.387 e. The molecule has 0 saturated heterocycles. The van der Waals surface area contributed by atoms with Crippen molar-refractivity contribution >= 4 is 37.8 Å². The number of alkyl halides is 2. The van der Waals surface area contributed by atoms with Gasteiger partial charge >= 0.3 is 6.61 Å². The van der Waals surface area contributed by atoms with Crippen LogP contribution >= 0.6 is 31.9 Å². The predicted octanol–water partition coefficient (Wildman–Crippen LogP) is 3.48. The van der Waals surface area contributed by atoms with Crippen LogP contribution in [0.4, 0.5) is 8.78 Å². The van der Waals surface area contributed by atoms with Crippen molar-refractivity contribution in [2.75, 3.05) is 0 Å². The van der Waals surface area contributed by atoms with Gasteiger partial charge in [0.1, 0.15) is 5.75 Å². The zero-order valence-electron chi connectivity index (χ0n) is 11.3. The van der Waals surface area contributed by atoms with Gasteiger partial charge in [-0.3, -0.25) is 9.48 Å². The molecule has 0 unspecified atom stereocenters. The molecule has 1 amide bonds. The van der Waals surface area contributed by atoms with Gasteiger partial charge in [0.25, 0.3) is 5.91 Å². The molecule has 0 bridgehead atoms. The molecule has 1 aromatic carbocycles. The van der Waals surface area contributed by atoms with E-state index >= 15 is 0 Å². The molecule has 0 aliphatic rings. The first-order chi connectivity index (χ1) is 10.4. The third-order valence-electron chi connectivity index (χ3n) is 2.83. The van der Waals surface area contributed by atoms with Gasteiger partial charge in [-0.1, -0.05) is 15.9 Å². The number of amides is 1. The van der Waals surface area contributed by atoms with Crippen molar-refractivity contribution in [3.8, 4) is 5.75 Å². The number of benzene rings is 1. The number of aryl methyl sites for hydroxylation is 1. The van der Waals surface area contributed by atoms with E-state index in [1.165, 1.54) is 18.2 Å². The zero-order valence-corrected chi connectivity index (χ0v) is 14.5. The Kier molecular flexibility index (Phi) is 5.52. The third kappa shape index (κ3) is 4.04. The lowest BCUT2D eigenvalue weighted by atomic mass is 10.2. The number of ether oxygens (including phenoxy) is 1. The van der Waals surface area contributed by atoms with Crippen LogP contribution in [0, 0.1) is 0 Å². The SMILES string of the molecule is Cn1ncc(Br)c1CNC(=O)c1cc(Br)ccc1OC(F)F. The van der Waals surface area contributed by atoms with Gasteiger partial charge in [-0.2, -0.15) is 13.9 Å². The van der Waals surface area contributed by atoms with Crippen molar-refractivity contribution in [2.24, 2.45) is 7.05 Å². The van der Waals surface area contributed by atoms with E-state index in [4.69, 9.17) is 0 Å². The number of hydrogen-bond acceptors (Lipinski definition) is 3. The first-order valence-electron chi connectivity index (χ1n) is 6.07. The minimum atomic E-state index is -3.00.